The Kier molecular flexibility index (Phi) is 5.75. The topological polar surface area (TPSA) is 92.3 Å². The molecule has 0 saturated carbocycles. The lowest BCUT2D eigenvalue weighted by Crippen LogP contribution is -2.09. The molecule has 140 valence electrons. The van der Waals surface area contributed by atoms with Gasteiger partial charge in [0.25, 0.3) is 0 Å². The highest BCUT2D eigenvalue weighted by atomic mass is 79.9. The average molecular weight is 431 g/mol. The van der Waals surface area contributed by atoms with Crippen LogP contribution in [0, 0.1) is 0 Å². The van der Waals surface area contributed by atoms with Crippen molar-refractivity contribution in [2.75, 3.05) is 19.5 Å². The molecule has 3 rings (SSSR count). The molecule has 2 N–H and O–H groups in total. The van der Waals surface area contributed by atoms with E-state index in [9.17, 15) is 4.79 Å². The van der Waals surface area contributed by atoms with Crippen LogP contribution in [0.3, 0.4) is 0 Å². The van der Waals surface area contributed by atoms with Crippen molar-refractivity contribution >= 4 is 27.7 Å². The molecule has 2 heterocycles. The molecular formula is C19H19BrN4O3. The summed E-state index contributed by atoms with van der Waals surface area (Å²) in [6.07, 6.45) is 3.31. The Morgan fingerprint density at radius 1 is 1.26 bits per heavy atom. The number of carbonyl (C=O) groups is 1. The van der Waals surface area contributed by atoms with Gasteiger partial charge in [-0.05, 0) is 46.6 Å². The number of carbonyl (C=O) groups excluding carboxylic acids is 1. The molecule has 27 heavy (non-hydrogen) atoms. The van der Waals surface area contributed by atoms with Gasteiger partial charge in [-0.3, -0.25) is 9.67 Å². The molecule has 0 fully saturated rings. The fourth-order valence-corrected chi connectivity index (χ4v) is 3.18. The third-order valence-electron chi connectivity index (χ3n) is 3.98. The molecule has 0 aliphatic carbocycles. The van der Waals surface area contributed by atoms with E-state index in [1.165, 1.54) is 0 Å². The fourth-order valence-electron chi connectivity index (χ4n) is 2.74. The van der Waals surface area contributed by atoms with Crippen LogP contribution in [0.25, 0.3) is 11.3 Å². The summed E-state index contributed by atoms with van der Waals surface area (Å²) >= 11 is 3.49. The number of nitrogens with zero attached hydrogens (tertiary/aromatic N) is 3. The lowest BCUT2D eigenvalue weighted by molar-refractivity contribution is 0.0528. The lowest BCUT2D eigenvalue weighted by Gasteiger charge is -2.11. The number of rotatable bonds is 6. The van der Waals surface area contributed by atoms with E-state index in [1.807, 2.05) is 24.3 Å². The Hall–Kier alpha value is -2.87. The molecule has 1 aromatic carbocycles. The third kappa shape index (κ3) is 3.95. The molecule has 7 nitrogen and oxygen atoms in total. The Morgan fingerprint density at radius 3 is 2.63 bits per heavy atom. The van der Waals surface area contributed by atoms with Crippen LogP contribution < -0.4 is 10.5 Å². The van der Waals surface area contributed by atoms with Gasteiger partial charge in [0, 0.05) is 22.4 Å². The van der Waals surface area contributed by atoms with E-state index in [0.717, 1.165) is 21.3 Å². The molecule has 3 aromatic rings. The van der Waals surface area contributed by atoms with Gasteiger partial charge in [-0.1, -0.05) is 12.1 Å². The third-order valence-corrected chi connectivity index (χ3v) is 4.61. The predicted octanol–water partition coefficient (Wildman–Crippen LogP) is 3.52. The van der Waals surface area contributed by atoms with Gasteiger partial charge in [0.15, 0.2) is 5.82 Å². The molecule has 0 spiro atoms. The van der Waals surface area contributed by atoms with E-state index in [-0.39, 0.29) is 18.0 Å². The maximum atomic E-state index is 12.5. The van der Waals surface area contributed by atoms with Gasteiger partial charge in [-0.2, -0.15) is 5.10 Å². The van der Waals surface area contributed by atoms with Gasteiger partial charge in [-0.15, -0.1) is 0 Å². The van der Waals surface area contributed by atoms with Crippen molar-refractivity contribution in [3.63, 3.8) is 0 Å². The maximum Gasteiger partial charge on any atom is 0.344 e. The Balaban J connectivity index is 2.11. The molecular weight excluding hydrogens is 412 g/mol. The van der Waals surface area contributed by atoms with Crippen LogP contribution in [-0.4, -0.2) is 34.5 Å². The minimum absolute atomic E-state index is 0.126. The quantitative estimate of drug-likeness (QED) is 0.601. The van der Waals surface area contributed by atoms with Crippen molar-refractivity contribution in [1.29, 1.82) is 0 Å². The summed E-state index contributed by atoms with van der Waals surface area (Å²) < 4.78 is 12.8. The van der Waals surface area contributed by atoms with Crippen molar-refractivity contribution in [3.05, 3.63) is 58.3 Å². The second-order valence-electron chi connectivity index (χ2n) is 5.69. The normalized spacial score (nSPS) is 10.6. The second-order valence-corrected chi connectivity index (χ2v) is 6.54. The number of nitrogens with two attached hydrogens (primary N) is 1. The Labute approximate surface area is 165 Å². The van der Waals surface area contributed by atoms with Gasteiger partial charge >= 0.3 is 5.97 Å². The van der Waals surface area contributed by atoms with Gasteiger partial charge in [0.2, 0.25) is 0 Å². The highest BCUT2D eigenvalue weighted by molar-refractivity contribution is 9.10. The Bertz CT molecular complexity index is 954. The number of hydrogen-bond donors (Lipinski definition) is 1. The van der Waals surface area contributed by atoms with Gasteiger partial charge < -0.3 is 15.2 Å². The summed E-state index contributed by atoms with van der Waals surface area (Å²) in [5, 5.41) is 4.39. The zero-order valence-electron chi connectivity index (χ0n) is 15.0. The van der Waals surface area contributed by atoms with Crippen LogP contribution in [0.5, 0.6) is 5.75 Å². The largest absolute Gasteiger partial charge is 0.497 e. The monoisotopic (exact) mass is 430 g/mol. The number of methoxy groups -OCH3 is 1. The zero-order valence-corrected chi connectivity index (χ0v) is 16.6. The van der Waals surface area contributed by atoms with Crippen molar-refractivity contribution in [2.24, 2.45) is 0 Å². The molecule has 0 unspecified atom stereocenters. The van der Waals surface area contributed by atoms with Gasteiger partial charge in [0.05, 0.1) is 26.0 Å². The minimum atomic E-state index is -0.505. The number of halogens is 1. The number of esters is 1. The first-order chi connectivity index (χ1) is 13.0. The highest BCUT2D eigenvalue weighted by Gasteiger charge is 2.26. The van der Waals surface area contributed by atoms with E-state index < -0.39 is 5.97 Å². The molecule has 0 bridgehead atoms. The van der Waals surface area contributed by atoms with Crippen LogP contribution in [0.4, 0.5) is 5.82 Å². The summed E-state index contributed by atoms with van der Waals surface area (Å²) in [5.41, 5.74) is 8.65. The molecule has 0 aliphatic heterocycles. The smallest absolute Gasteiger partial charge is 0.344 e. The van der Waals surface area contributed by atoms with Crippen LogP contribution in [0.15, 0.2) is 47.2 Å². The fraction of sp³-hybridized carbons (Fsp3) is 0.211. The van der Waals surface area contributed by atoms with E-state index in [2.05, 4.69) is 26.0 Å². The van der Waals surface area contributed by atoms with E-state index >= 15 is 0 Å². The molecule has 0 amide bonds. The number of anilines is 1. The SMILES string of the molecule is CCOC(=O)c1c(N)nn(Cc2ccc(OC)cc2)c1-c1ccncc1Br. The predicted molar refractivity (Wildman–Crippen MR) is 106 cm³/mol. The number of aromatic nitrogens is 3. The Morgan fingerprint density at radius 2 is 2.00 bits per heavy atom. The van der Waals surface area contributed by atoms with Crippen molar-refractivity contribution < 1.29 is 14.3 Å². The van der Waals surface area contributed by atoms with E-state index in [4.69, 9.17) is 15.2 Å². The number of benzene rings is 1. The molecule has 0 saturated heterocycles. The standard InChI is InChI=1S/C19H19BrN4O3/c1-3-27-19(25)16-17(14-8-9-22-10-15(14)20)24(23-18(16)21)11-12-4-6-13(26-2)7-5-12/h4-10H,3,11H2,1-2H3,(H2,21,23). The van der Waals surface area contributed by atoms with Crippen LogP contribution in [0.2, 0.25) is 0 Å². The lowest BCUT2D eigenvalue weighted by atomic mass is 10.1. The first-order valence-electron chi connectivity index (χ1n) is 8.31. The summed E-state index contributed by atoms with van der Waals surface area (Å²) in [6.45, 7) is 2.43. The van der Waals surface area contributed by atoms with Crippen molar-refractivity contribution in [3.8, 4) is 17.0 Å². The van der Waals surface area contributed by atoms with Crippen LogP contribution in [0.1, 0.15) is 22.8 Å². The molecule has 0 radical (unpaired) electrons. The summed E-state index contributed by atoms with van der Waals surface area (Å²) in [5.74, 6) is 0.387. The maximum absolute atomic E-state index is 12.5. The summed E-state index contributed by atoms with van der Waals surface area (Å²) in [7, 11) is 1.62. The average Bonchev–Trinajstić information content (AvgIpc) is 2.98. The van der Waals surface area contributed by atoms with Gasteiger partial charge in [-0.25, -0.2) is 4.79 Å². The van der Waals surface area contributed by atoms with Crippen molar-refractivity contribution in [1.82, 2.24) is 14.8 Å². The number of nitrogen functional groups attached to an aromatic ring is 1. The summed E-state index contributed by atoms with van der Waals surface area (Å²) in [6, 6.07) is 9.42. The minimum Gasteiger partial charge on any atom is -0.497 e. The number of hydrogen-bond acceptors (Lipinski definition) is 6. The molecule has 2 aromatic heterocycles. The first kappa shape index (κ1) is 18.9. The van der Waals surface area contributed by atoms with Crippen LogP contribution in [-0.2, 0) is 11.3 Å². The summed E-state index contributed by atoms with van der Waals surface area (Å²) in [4.78, 5) is 16.6. The second kappa shape index (κ2) is 8.22. The van der Waals surface area contributed by atoms with Crippen LogP contribution >= 0.6 is 15.9 Å². The number of ether oxygens (including phenoxy) is 2. The molecule has 0 aliphatic rings. The molecule has 0 atom stereocenters. The van der Waals surface area contributed by atoms with Crippen molar-refractivity contribution in [2.45, 2.75) is 13.5 Å². The highest BCUT2D eigenvalue weighted by Crippen LogP contribution is 2.34. The van der Waals surface area contributed by atoms with E-state index in [1.54, 1.807) is 37.2 Å². The first-order valence-corrected chi connectivity index (χ1v) is 9.10. The zero-order chi connectivity index (χ0) is 19.4. The van der Waals surface area contributed by atoms with Gasteiger partial charge in [0.1, 0.15) is 11.3 Å². The number of pyridine rings is 1. The molecule has 8 heteroatoms. The van der Waals surface area contributed by atoms with E-state index in [0.29, 0.717) is 12.2 Å².